The first-order valence-electron chi connectivity index (χ1n) is 8.79. The number of esters is 1. The predicted molar refractivity (Wildman–Crippen MR) is 107 cm³/mol. The van der Waals surface area contributed by atoms with Crippen molar-refractivity contribution in [2.24, 2.45) is 0 Å². The molecule has 0 saturated carbocycles. The number of anilines is 1. The van der Waals surface area contributed by atoms with Gasteiger partial charge in [-0.15, -0.1) is 0 Å². The van der Waals surface area contributed by atoms with Gasteiger partial charge in [0.1, 0.15) is 18.2 Å². The molecule has 0 atom stereocenters. The van der Waals surface area contributed by atoms with Gasteiger partial charge in [0.2, 0.25) is 0 Å². The fourth-order valence-corrected chi connectivity index (χ4v) is 2.62. The molecule has 2 aromatic carbocycles. The van der Waals surface area contributed by atoms with Gasteiger partial charge in [0, 0.05) is 30.4 Å². The van der Waals surface area contributed by atoms with Gasteiger partial charge in [-0.05, 0) is 23.8 Å². The highest BCUT2D eigenvalue weighted by Crippen LogP contribution is 2.26. The summed E-state index contributed by atoms with van der Waals surface area (Å²) in [7, 11) is 1.30. The quantitative estimate of drug-likeness (QED) is 0.351. The number of rotatable bonds is 8. The summed E-state index contributed by atoms with van der Waals surface area (Å²) in [6.07, 6.45) is 1.40. The number of nitro groups is 1. The van der Waals surface area contributed by atoms with Crippen molar-refractivity contribution in [1.29, 1.82) is 0 Å². The highest BCUT2D eigenvalue weighted by molar-refractivity contribution is 5.89. The van der Waals surface area contributed by atoms with Crippen LogP contribution in [0.25, 0.3) is 0 Å². The standard InChI is InChI=1S/C21H19N3O5/c1-28-21(25)16-7-10-20(22-12-16)23-13-17-11-18(24(26)27)8-9-19(17)29-14-15-5-3-2-4-6-15/h2-12H,13-14H2,1H3,(H,22,23). The van der Waals surface area contributed by atoms with E-state index < -0.39 is 10.9 Å². The van der Waals surface area contributed by atoms with Crippen molar-refractivity contribution in [3.63, 3.8) is 0 Å². The van der Waals surface area contributed by atoms with Gasteiger partial charge in [0.25, 0.3) is 5.69 Å². The topological polar surface area (TPSA) is 104 Å². The molecule has 0 fully saturated rings. The molecule has 3 aromatic rings. The molecule has 0 unspecified atom stereocenters. The molecule has 148 valence electrons. The molecule has 0 aliphatic rings. The molecule has 0 saturated heterocycles. The zero-order valence-electron chi connectivity index (χ0n) is 15.7. The monoisotopic (exact) mass is 393 g/mol. The number of nitrogens with one attached hydrogen (secondary N) is 1. The second kappa shape index (κ2) is 9.32. The molecule has 0 amide bonds. The molecule has 8 heteroatoms. The molecule has 29 heavy (non-hydrogen) atoms. The molecule has 0 bridgehead atoms. The number of nitrogens with zero attached hydrogens (tertiary/aromatic N) is 2. The van der Waals surface area contributed by atoms with Gasteiger partial charge in [-0.3, -0.25) is 10.1 Å². The largest absolute Gasteiger partial charge is 0.489 e. The second-order valence-corrected chi connectivity index (χ2v) is 6.10. The fourth-order valence-electron chi connectivity index (χ4n) is 2.62. The number of carbonyl (C=O) groups excluding carboxylic acids is 1. The molecular formula is C21H19N3O5. The summed E-state index contributed by atoms with van der Waals surface area (Å²) in [6, 6.07) is 17.3. The van der Waals surface area contributed by atoms with E-state index in [4.69, 9.17) is 4.74 Å². The molecular weight excluding hydrogens is 374 g/mol. The summed E-state index contributed by atoms with van der Waals surface area (Å²) in [6.45, 7) is 0.605. The lowest BCUT2D eigenvalue weighted by molar-refractivity contribution is -0.384. The molecule has 0 aliphatic carbocycles. The third kappa shape index (κ3) is 5.29. The van der Waals surface area contributed by atoms with E-state index in [1.807, 2.05) is 30.3 Å². The second-order valence-electron chi connectivity index (χ2n) is 6.10. The van der Waals surface area contributed by atoms with E-state index in [0.717, 1.165) is 5.56 Å². The summed E-state index contributed by atoms with van der Waals surface area (Å²) in [5.74, 6) is 0.579. The van der Waals surface area contributed by atoms with E-state index >= 15 is 0 Å². The van der Waals surface area contributed by atoms with Gasteiger partial charge in [0.15, 0.2) is 0 Å². The van der Waals surface area contributed by atoms with E-state index in [0.29, 0.717) is 29.3 Å². The van der Waals surface area contributed by atoms with Crippen LogP contribution in [0.3, 0.4) is 0 Å². The summed E-state index contributed by atoms with van der Waals surface area (Å²) >= 11 is 0. The normalized spacial score (nSPS) is 10.2. The lowest BCUT2D eigenvalue weighted by atomic mass is 10.1. The Hall–Kier alpha value is -3.94. The fraction of sp³-hybridized carbons (Fsp3) is 0.143. The Morgan fingerprint density at radius 3 is 2.59 bits per heavy atom. The van der Waals surface area contributed by atoms with E-state index in [1.165, 1.54) is 25.4 Å². The van der Waals surface area contributed by atoms with Crippen LogP contribution < -0.4 is 10.1 Å². The molecule has 1 aromatic heterocycles. The average molecular weight is 393 g/mol. The van der Waals surface area contributed by atoms with Gasteiger partial charge in [-0.1, -0.05) is 30.3 Å². The lowest BCUT2D eigenvalue weighted by Crippen LogP contribution is -2.07. The predicted octanol–water partition coefficient (Wildman–Crippen LogP) is 3.97. The van der Waals surface area contributed by atoms with Crippen molar-refractivity contribution in [2.75, 3.05) is 12.4 Å². The first-order chi connectivity index (χ1) is 14.1. The van der Waals surface area contributed by atoms with Crippen LogP contribution >= 0.6 is 0 Å². The van der Waals surface area contributed by atoms with Crippen molar-refractivity contribution in [3.05, 3.63) is 93.7 Å². The zero-order chi connectivity index (χ0) is 20.6. The third-order valence-electron chi connectivity index (χ3n) is 4.14. The molecule has 1 heterocycles. The van der Waals surface area contributed by atoms with Crippen LogP contribution in [0.5, 0.6) is 5.75 Å². The Morgan fingerprint density at radius 1 is 1.14 bits per heavy atom. The number of pyridine rings is 1. The van der Waals surface area contributed by atoms with E-state index in [9.17, 15) is 14.9 Å². The average Bonchev–Trinajstić information content (AvgIpc) is 2.77. The minimum atomic E-state index is -0.473. The smallest absolute Gasteiger partial charge is 0.339 e. The summed E-state index contributed by atoms with van der Waals surface area (Å²) in [5.41, 5.74) is 1.92. The summed E-state index contributed by atoms with van der Waals surface area (Å²) in [5, 5.41) is 14.2. The SMILES string of the molecule is COC(=O)c1ccc(NCc2cc([N+](=O)[O-])ccc2OCc2ccccc2)nc1. The number of benzene rings is 2. The van der Waals surface area contributed by atoms with Crippen molar-refractivity contribution in [1.82, 2.24) is 4.98 Å². The minimum Gasteiger partial charge on any atom is -0.489 e. The Labute approximate surface area is 167 Å². The Balaban J connectivity index is 1.74. The number of aromatic nitrogens is 1. The molecule has 0 spiro atoms. The number of nitro benzene ring substituents is 1. The number of methoxy groups -OCH3 is 1. The zero-order valence-corrected chi connectivity index (χ0v) is 15.7. The van der Waals surface area contributed by atoms with Crippen molar-refractivity contribution in [3.8, 4) is 5.75 Å². The number of hydrogen-bond acceptors (Lipinski definition) is 7. The Morgan fingerprint density at radius 2 is 1.93 bits per heavy atom. The first kappa shape index (κ1) is 19.8. The first-order valence-corrected chi connectivity index (χ1v) is 8.79. The van der Waals surface area contributed by atoms with Crippen molar-refractivity contribution in [2.45, 2.75) is 13.2 Å². The molecule has 0 aliphatic heterocycles. The molecule has 3 rings (SSSR count). The maximum atomic E-state index is 11.5. The maximum Gasteiger partial charge on any atom is 0.339 e. The summed E-state index contributed by atoms with van der Waals surface area (Å²) < 4.78 is 10.5. The number of non-ortho nitro benzene ring substituents is 1. The van der Waals surface area contributed by atoms with Gasteiger partial charge in [0.05, 0.1) is 17.6 Å². The van der Waals surface area contributed by atoms with Crippen molar-refractivity contribution < 1.29 is 19.2 Å². The minimum absolute atomic E-state index is 0.0251. The van der Waals surface area contributed by atoms with Crippen LogP contribution in [-0.4, -0.2) is 23.0 Å². The van der Waals surface area contributed by atoms with Crippen LogP contribution in [0.4, 0.5) is 11.5 Å². The van der Waals surface area contributed by atoms with Crippen LogP contribution in [0.15, 0.2) is 66.9 Å². The van der Waals surface area contributed by atoms with E-state index in [2.05, 4.69) is 15.0 Å². The van der Waals surface area contributed by atoms with Crippen LogP contribution in [-0.2, 0) is 17.9 Å². The van der Waals surface area contributed by atoms with Gasteiger partial charge < -0.3 is 14.8 Å². The van der Waals surface area contributed by atoms with Crippen LogP contribution in [0.2, 0.25) is 0 Å². The number of hydrogen-bond donors (Lipinski definition) is 1. The lowest BCUT2D eigenvalue weighted by Gasteiger charge is -2.13. The van der Waals surface area contributed by atoms with E-state index in [-0.39, 0.29) is 12.2 Å². The number of carbonyl (C=O) groups is 1. The highest BCUT2D eigenvalue weighted by Gasteiger charge is 2.13. The van der Waals surface area contributed by atoms with Gasteiger partial charge in [-0.2, -0.15) is 0 Å². The van der Waals surface area contributed by atoms with Crippen LogP contribution in [0.1, 0.15) is 21.5 Å². The summed E-state index contributed by atoms with van der Waals surface area (Å²) in [4.78, 5) is 26.3. The van der Waals surface area contributed by atoms with E-state index in [1.54, 1.807) is 18.2 Å². The van der Waals surface area contributed by atoms with Crippen molar-refractivity contribution >= 4 is 17.5 Å². The van der Waals surface area contributed by atoms with Gasteiger partial charge in [-0.25, -0.2) is 9.78 Å². The van der Waals surface area contributed by atoms with Gasteiger partial charge >= 0.3 is 5.97 Å². The molecule has 8 nitrogen and oxygen atoms in total. The van der Waals surface area contributed by atoms with Crippen LogP contribution in [0, 0.1) is 10.1 Å². The highest BCUT2D eigenvalue weighted by atomic mass is 16.6. The Kier molecular flexibility index (Phi) is 6.36. The maximum absolute atomic E-state index is 11.5. The third-order valence-corrected chi connectivity index (χ3v) is 4.14. The number of ether oxygens (including phenoxy) is 2. The molecule has 0 radical (unpaired) electrons. The molecule has 1 N–H and O–H groups in total. The Bertz CT molecular complexity index is 991.